The number of carbonyl (C=O) groups excluding carboxylic acids is 1. The van der Waals surface area contributed by atoms with Gasteiger partial charge in [0, 0.05) is 12.6 Å². The minimum atomic E-state index is -0.545. The maximum Gasteiger partial charge on any atom is 0.242 e. The molecule has 3 nitrogen and oxygen atoms in total. The van der Waals surface area contributed by atoms with E-state index in [2.05, 4.69) is 11.8 Å². The Balaban J connectivity index is 2.04. The van der Waals surface area contributed by atoms with Gasteiger partial charge in [-0.3, -0.25) is 4.79 Å². The van der Waals surface area contributed by atoms with Gasteiger partial charge in [0.15, 0.2) is 0 Å². The zero-order valence-electron chi connectivity index (χ0n) is 11.1. The summed E-state index contributed by atoms with van der Waals surface area (Å²) < 4.78 is 0. The first kappa shape index (κ1) is 12.9. The van der Waals surface area contributed by atoms with Crippen LogP contribution in [0.25, 0.3) is 0 Å². The number of carbonyl (C=O) groups is 1. The number of hydrogen-bond acceptors (Lipinski definition) is 2. The number of rotatable bonds is 3. The van der Waals surface area contributed by atoms with Crippen LogP contribution in [0.1, 0.15) is 64.7 Å². The van der Waals surface area contributed by atoms with E-state index >= 15 is 0 Å². The third-order valence-corrected chi connectivity index (χ3v) is 4.54. The van der Waals surface area contributed by atoms with E-state index < -0.39 is 5.54 Å². The van der Waals surface area contributed by atoms with Crippen molar-refractivity contribution in [1.29, 1.82) is 0 Å². The molecule has 2 rings (SSSR count). The highest BCUT2D eigenvalue weighted by atomic mass is 16.2. The van der Waals surface area contributed by atoms with Crippen LogP contribution in [-0.2, 0) is 4.79 Å². The fraction of sp³-hybridized carbons (Fsp3) is 0.929. The molecule has 3 heteroatoms. The lowest BCUT2D eigenvalue weighted by molar-refractivity contribution is -0.140. The van der Waals surface area contributed by atoms with Gasteiger partial charge < -0.3 is 10.6 Å². The van der Waals surface area contributed by atoms with Gasteiger partial charge in [0.05, 0.1) is 5.54 Å². The van der Waals surface area contributed by atoms with E-state index in [0.29, 0.717) is 6.04 Å². The number of nitrogens with two attached hydrogens (primary N) is 1. The average molecular weight is 238 g/mol. The van der Waals surface area contributed by atoms with Crippen molar-refractivity contribution in [2.24, 2.45) is 5.73 Å². The minimum absolute atomic E-state index is 0.228. The van der Waals surface area contributed by atoms with Crippen molar-refractivity contribution in [3.8, 4) is 0 Å². The van der Waals surface area contributed by atoms with E-state index in [1.807, 2.05) is 0 Å². The van der Waals surface area contributed by atoms with Crippen molar-refractivity contribution in [2.75, 3.05) is 6.54 Å². The maximum absolute atomic E-state index is 12.6. The van der Waals surface area contributed by atoms with Gasteiger partial charge in [0.25, 0.3) is 0 Å². The van der Waals surface area contributed by atoms with Gasteiger partial charge in [-0.25, -0.2) is 0 Å². The summed E-state index contributed by atoms with van der Waals surface area (Å²) in [5.74, 6) is 0.228. The standard InChI is InChI=1S/C14H26N2O/c1-2-16(12-8-4-5-9-12)13(17)14(15)10-6-3-7-11-14/h12H,2-11,15H2,1H3. The molecular formula is C14H26N2O. The molecule has 0 atom stereocenters. The molecule has 0 aromatic rings. The summed E-state index contributed by atoms with van der Waals surface area (Å²) in [5.41, 5.74) is 5.81. The SMILES string of the molecule is CCN(C(=O)C1(N)CCCCC1)C1CCCC1. The van der Waals surface area contributed by atoms with Crippen molar-refractivity contribution in [2.45, 2.75) is 76.3 Å². The van der Waals surface area contributed by atoms with E-state index in [-0.39, 0.29) is 5.91 Å². The van der Waals surface area contributed by atoms with Gasteiger partial charge >= 0.3 is 0 Å². The summed E-state index contributed by atoms with van der Waals surface area (Å²) in [4.78, 5) is 14.7. The molecule has 1 amide bonds. The van der Waals surface area contributed by atoms with Crippen LogP contribution in [0, 0.1) is 0 Å². The monoisotopic (exact) mass is 238 g/mol. The second kappa shape index (κ2) is 5.38. The summed E-state index contributed by atoms with van der Waals surface area (Å²) in [6, 6.07) is 0.467. The Morgan fingerprint density at radius 2 is 1.76 bits per heavy atom. The molecule has 2 fully saturated rings. The van der Waals surface area contributed by atoms with Crippen LogP contribution in [0.15, 0.2) is 0 Å². The maximum atomic E-state index is 12.6. The van der Waals surface area contributed by atoms with Crippen LogP contribution in [0.3, 0.4) is 0 Å². The molecule has 0 spiro atoms. The Morgan fingerprint density at radius 3 is 2.29 bits per heavy atom. The predicted octanol–water partition coefficient (Wildman–Crippen LogP) is 2.44. The normalized spacial score (nSPS) is 24.8. The number of amides is 1. The summed E-state index contributed by atoms with van der Waals surface area (Å²) >= 11 is 0. The Labute approximate surface area is 105 Å². The van der Waals surface area contributed by atoms with E-state index in [9.17, 15) is 4.79 Å². The van der Waals surface area contributed by atoms with E-state index in [1.54, 1.807) is 0 Å². The third kappa shape index (κ3) is 2.65. The number of hydrogen-bond donors (Lipinski definition) is 1. The predicted molar refractivity (Wildman–Crippen MR) is 69.6 cm³/mol. The highest BCUT2D eigenvalue weighted by Gasteiger charge is 2.40. The van der Waals surface area contributed by atoms with E-state index in [0.717, 1.165) is 32.2 Å². The molecule has 2 aliphatic carbocycles. The molecule has 0 aliphatic heterocycles. The van der Waals surface area contributed by atoms with Gasteiger partial charge in [-0.05, 0) is 32.6 Å². The Morgan fingerprint density at radius 1 is 1.18 bits per heavy atom. The second-order valence-corrected chi connectivity index (χ2v) is 5.75. The van der Waals surface area contributed by atoms with Crippen LogP contribution < -0.4 is 5.73 Å². The molecule has 0 aromatic carbocycles. The summed E-state index contributed by atoms with van der Waals surface area (Å²) in [5, 5.41) is 0. The molecule has 2 N–H and O–H groups in total. The molecule has 0 unspecified atom stereocenters. The van der Waals surface area contributed by atoms with Crippen LogP contribution in [0.5, 0.6) is 0 Å². The van der Waals surface area contributed by atoms with Crippen LogP contribution in [0.4, 0.5) is 0 Å². The highest BCUT2D eigenvalue weighted by Crippen LogP contribution is 2.31. The fourth-order valence-corrected chi connectivity index (χ4v) is 3.47. The minimum Gasteiger partial charge on any atom is -0.338 e. The first-order chi connectivity index (χ1) is 8.17. The first-order valence-electron chi connectivity index (χ1n) is 7.27. The van der Waals surface area contributed by atoms with E-state index in [4.69, 9.17) is 5.73 Å². The lowest BCUT2D eigenvalue weighted by Gasteiger charge is -2.39. The molecule has 98 valence electrons. The molecule has 17 heavy (non-hydrogen) atoms. The molecule has 0 saturated heterocycles. The summed E-state index contributed by atoms with van der Waals surface area (Å²) in [6.07, 6.45) is 10.1. The van der Waals surface area contributed by atoms with Gasteiger partial charge in [-0.1, -0.05) is 32.1 Å². The third-order valence-electron chi connectivity index (χ3n) is 4.54. The molecule has 2 saturated carbocycles. The lowest BCUT2D eigenvalue weighted by atomic mass is 9.81. The summed E-state index contributed by atoms with van der Waals surface area (Å²) in [6.45, 7) is 2.91. The van der Waals surface area contributed by atoms with Crippen molar-refractivity contribution in [3.05, 3.63) is 0 Å². The lowest BCUT2D eigenvalue weighted by Crippen LogP contribution is -2.58. The van der Waals surface area contributed by atoms with Crippen molar-refractivity contribution >= 4 is 5.91 Å². The Bertz CT molecular complexity index is 265. The van der Waals surface area contributed by atoms with Crippen molar-refractivity contribution < 1.29 is 4.79 Å². The molecule has 0 radical (unpaired) electrons. The van der Waals surface area contributed by atoms with E-state index in [1.165, 1.54) is 32.1 Å². The van der Waals surface area contributed by atoms with Gasteiger partial charge in [0.1, 0.15) is 0 Å². The molecule has 0 heterocycles. The largest absolute Gasteiger partial charge is 0.338 e. The van der Waals surface area contributed by atoms with Gasteiger partial charge in [-0.2, -0.15) is 0 Å². The smallest absolute Gasteiger partial charge is 0.242 e. The molecular weight excluding hydrogens is 212 g/mol. The molecule has 0 aromatic heterocycles. The van der Waals surface area contributed by atoms with Crippen LogP contribution >= 0.6 is 0 Å². The Hall–Kier alpha value is -0.570. The second-order valence-electron chi connectivity index (χ2n) is 5.75. The number of nitrogens with zero attached hydrogens (tertiary/aromatic N) is 1. The highest BCUT2D eigenvalue weighted by molar-refractivity contribution is 5.86. The van der Waals surface area contributed by atoms with Crippen molar-refractivity contribution in [1.82, 2.24) is 4.90 Å². The molecule has 0 bridgehead atoms. The topological polar surface area (TPSA) is 46.3 Å². The first-order valence-corrected chi connectivity index (χ1v) is 7.27. The van der Waals surface area contributed by atoms with Gasteiger partial charge in [0.2, 0.25) is 5.91 Å². The zero-order valence-corrected chi connectivity index (χ0v) is 11.1. The number of likely N-dealkylation sites (N-methyl/N-ethyl adjacent to an activating group) is 1. The quantitative estimate of drug-likeness (QED) is 0.821. The van der Waals surface area contributed by atoms with Crippen LogP contribution in [-0.4, -0.2) is 28.9 Å². The summed E-state index contributed by atoms with van der Waals surface area (Å²) in [7, 11) is 0. The Kier molecular flexibility index (Phi) is 4.08. The van der Waals surface area contributed by atoms with Gasteiger partial charge in [-0.15, -0.1) is 0 Å². The fourth-order valence-electron chi connectivity index (χ4n) is 3.47. The van der Waals surface area contributed by atoms with Crippen LogP contribution in [0.2, 0.25) is 0 Å². The molecule has 2 aliphatic rings. The van der Waals surface area contributed by atoms with Crippen molar-refractivity contribution in [3.63, 3.8) is 0 Å². The zero-order chi connectivity index (χ0) is 12.3. The average Bonchev–Trinajstić information content (AvgIpc) is 2.84.